The van der Waals surface area contributed by atoms with Crippen molar-refractivity contribution in [1.29, 1.82) is 0 Å². The van der Waals surface area contributed by atoms with Crippen molar-refractivity contribution in [3.63, 3.8) is 0 Å². The number of carbonyl (C=O) groups is 1. The van der Waals surface area contributed by atoms with Crippen LogP contribution in [0, 0.1) is 0 Å². The number of hydrogen-bond donors (Lipinski definition) is 1. The summed E-state index contributed by atoms with van der Waals surface area (Å²) in [5, 5.41) is 4.38. The lowest BCUT2D eigenvalue weighted by molar-refractivity contribution is 0.102. The molecule has 7 heteroatoms. The fraction of sp³-hybridized carbons (Fsp3) is 0.111. The Morgan fingerprint density at radius 1 is 1.16 bits per heavy atom. The third-order valence-corrected chi connectivity index (χ3v) is 4.97. The highest BCUT2D eigenvalue weighted by molar-refractivity contribution is 7.98. The van der Waals surface area contributed by atoms with Crippen LogP contribution >= 0.6 is 35.0 Å². The summed E-state index contributed by atoms with van der Waals surface area (Å²) >= 11 is 13.4. The molecule has 0 aliphatic carbocycles. The van der Waals surface area contributed by atoms with Crippen molar-refractivity contribution in [2.24, 2.45) is 0 Å². The summed E-state index contributed by atoms with van der Waals surface area (Å²) in [6, 6.07) is 14.8. The summed E-state index contributed by atoms with van der Waals surface area (Å²) in [4.78, 5) is 16.8. The van der Waals surface area contributed by atoms with Crippen LogP contribution in [0.1, 0.15) is 15.9 Å². The number of imidazole rings is 1. The molecule has 3 rings (SSSR count). The Morgan fingerprint density at radius 2 is 1.92 bits per heavy atom. The molecule has 0 saturated heterocycles. The SMILES string of the molecule is CSc1nc(NC(=O)c2ccc(Cl)c(Cl)c2)cn1Cc1ccccc1. The predicted molar refractivity (Wildman–Crippen MR) is 104 cm³/mol. The van der Waals surface area contributed by atoms with E-state index in [1.165, 1.54) is 17.8 Å². The van der Waals surface area contributed by atoms with Gasteiger partial charge in [-0.15, -0.1) is 0 Å². The van der Waals surface area contributed by atoms with Gasteiger partial charge in [-0.3, -0.25) is 4.79 Å². The molecule has 0 aliphatic rings. The van der Waals surface area contributed by atoms with Crippen molar-refractivity contribution in [1.82, 2.24) is 9.55 Å². The maximum atomic E-state index is 12.4. The lowest BCUT2D eigenvalue weighted by Gasteiger charge is -2.05. The highest BCUT2D eigenvalue weighted by Gasteiger charge is 2.13. The van der Waals surface area contributed by atoms with Gasteiger partial charge in [0.2, 0.25) is 0 Å². The maximum Gasteiger partial charge on any atom is 0.256 e. The summed E-state index contributed by atoms with van der Waals surface area (Å²) in [5.74, 6) is 0.215. The first-order valence-electron chi connectivity index (χ1n) is 7.48. The van der Waals surface area contributed by atoms with Crippen LogP contribution in [0.2, 0.25) is 10.0 Å². The van der Waals surface area contributed by atoms with Crippen LogP contribution in [0.5, 0.6) is 0 Å². The van der Waals surface area contributed by atoms with Gasteiger partial charge < -0.3 is 9.88 Å². The average Bonchev–Trinajstić information content (AvgIpc) is 2.99. The van der Waals surface area contributed by atoms with Gasteiger partial charge in [-0.05, 0) is 30.0 Å². The van der Waals surface area contributed by atoms with Crippen molar-refractivity contribution in [2.45, 2.75) is 11.7 Å². The Hall–Kier alpha value is -1.95. The van der Waals surface area contributed by atoms with E-state index in [9.17, 15) is 4.79 Å². The summed E-state index contributed by atoms with van der Waals surface area (Å²) < 4.78 is 2.00. The number of nitrogens with one attached hydrogen (secondary N) is 1. The average molecular weight is 392 g/mol. The first kappa shape index (κ1) is 17.9. The van der Waals surface area contributed by atoms with Crippen molar-refractivity contribution in [3.05, 3.63) is 75.9 Å². The number of thioether (sulfide) groups is 1. The number of anilines is 1. The fourth-order valence-electron chi connectivity index (χ4n) is 2.34. The zero-order chi connectivity index (χ0) is 17.8. The van der Waals surface area contributed by atoms with Crippen LogP contribution in [0.15, 0.2) is 59.9 Å². The first-order chi connectivity index (χ1) is 12.1. The number of carbonyl (C=O) groups excluding carboxylic acids is 1. The normalized spacial score (nSPS) is 10.7. The molecule has 128 valence electrons. The second kappa shape index (κ2) is 7.95. The molecule has 1 amide bonds. The maximum absolute atomic E-state index is 12.4. The van der Waals surface area contributed by atoms with E-state index in [0.29, 0.717) is 28.0 Å². The number of amides is 1. The highest BCUT2D eigenvalue weighted by Crippen LogP contribution is 2.24. The number of aromatic nitrogens is 2. The quantitative estimate of drug-likeness (QED) is 0.606. The summed E-state index contributed by atoms with van der Waals surface area (Å²) in [6.45, 7) is 0.687. The van der Waals surface area contributed by atoms with Crippen molar-refractivity contribution < 1.29 is 4.79 Å². The van der Waals surface area contributed by atoms with Crippen molar-refractivity contribution >= 4 is 46.7 Å². The first-order valence-corrected chi connectivity index (χ1v) is 9.46. The van der Waals surface area contributed by atoms with Gasteiger partial charge in [-0.25, -0.2) is 4.98 Å². The van der Waals surface area contributed by atoms with E-state index < -0.39 is 0 Å². The highest BCUT2D eigenvalue weighted by atomic mass is 35.5. The van der Waals surface area contributed by atoms with E-state index in [-0.39, 0.29) is 5.91 Å². The molecule has 1 aromatic heterocycles. The van der Waals surface area contributed by atoms with Gasteiger partial charge in [-0.2, -0.15) is 0 Å². The van der Waals surface area contributed by atoms with Gasteiger partial charge in [0.15, 0.2) is 11.0 Å². The minimum Gasteiger partial charge on any atom is -0.319 e. The molecule has 0 bridgehead atoms. The molecular weight excluding hydrogens is 377 g/mol. The van der Waals surface area contributed by atoms with Gasteiger partial charge in [0.05, 0.1) is 10.0 Å². The van der Waals surface area contributed by atoms with Crippen LogP contribution < -0.4 is 5.32 Å². The van der Waals surface area contributed by atoms with Gasteiger partial charge >= 0.3 is 0 Å². The van der Waals surface area contributed by atoms with Gasteiger partial charge in [0, 0.05) is 18.3 Å². The summed E-state index contributed by atoms with van der Waals surface area (Å²) in [7, 11) is 0. The Balaban J connectivity index is 1.78. The van der Waals surface area contributed by atoms with Crippen LogP contribution in [0.25, 0.3) is 0 Å². The number of nitrogens with zero attached hydrogens (tertiary/aromatic N) is 2. The van der Waals surface area contributed by atoms with E-state index in [0.717, 1.165) is 10.7 Å². The summed E-state index contributed by atoms with van der Waals surface area (Å²) in [5.41, 5.74) is 1.59. The number of benzene rings is 2. The monoisotopic (exact) mass is 391 g/mol. The van der Waals surface area contributed by atoms with E-state index in [1.807, 2.05) is 35.2 Å². The Labute approximate surface area is 160 Å². The lowest BCUT2D eigenvalue weighted by atomic mass is 10.2. The summed E-state index contributed by atoms with van der Waals surface area (Å²) in [6.07, 6.45) is 3.78. The zero-order valence-corrected chi connectivity index (χ0v) is 15.7. The van der Waals surface area contributed by atoms with E-state index in [2.05, 4.69) is 22.4 Å². The minimum atomic E-state index is -0.282. The van der Waals surface area contributed by atoms with Crippen molar-refractivity contribution in [3.8, 4) is 0 Å². The molecule has 0 aliphatic heterocycles. The van der Waals surface area contributed by atoms with E-state index in [1.54, 1.807) is 12.1 Å². The van der Waals surface area contributed by atoms with Crippen LogP contribution in [0.3, 0.4) is 0 Å². The molecule has 4 nitrogen and oxygen atoms in total. The molecule has 3 aromatic rings. The molecule has 0 radical (unpaired) electrons. The van der Waals surface area contributed by atoms with Crippen LogP contribution in [0.4, 0.5) is 5.82 Å². The van der Waals surface area contributed by atoms with Gasteiger partial charge in [-0.1, -0.05) is 65.3 Å². The molecule has 0 fully saturated rings. The number of hydrogen-bond acceptors (Lipinski definition) is 3. The molecule has 1 N–H and O–H groups in total. The predicted octanol–water partition coefficient (Wildman–Crippen LogP) is 5.21. The smallest absolute Gasteiger partial charge is 0.256 e. The number of halogens is 2. The molecule has 0 saturated carbocycles. The topological polar surface area (TPSA) is 46.9 Å². The minimum absolute atomic E-state index is 0.282. The molecule has 0 atom stereocenters. The molecule has 0 spiro atoms. The molecule has 1 heterocycles. The third-order valence-electron chi connectivity index (χ3n) is 3.54. The molecule has 0 unspecified atom stereocenters. The lowest BCUT2D eigenvalue weighted by Crippen LogP contribution is -2.12. The van der Waals surface area contributed by atoms with Gasteiger partial charge in [0.1, 0.15) is 0 Å². The van der Waals surface area contributed by atoms with Gasteiger partial charge in [0.25, 0.3) is 5.91 Å². The van der Waals surface area contributed by atoms with Crippen molar-refractivity contribution in [2.75, 3.05) is 11.6 Å². The largest absolute Gasteiger partial charge is 0.319 e. The second-order valence-corrected chi connectivity index (χ2v) is 6.90. The fourth-order valence-corrected chi connectivity index (χ4v) is 3.18. The Kier molecular flexibility index (Phi) is 5.68. The zero-order valence-electron chi connectivity index (χ0n) is 13.4. The third kappa shape index (κ3) is 4.37. The Morgan fingerprint density at radius 3 is 2.60 bits per heavy atom. The standard InChI is InChI=1S/C18H15Cl2N3OS/c1-25-18-22-16(11-23(18)10-12-5-3-2-4-6-12)21-17(24)13-7-8-14(19)15(20)9-13/h2-9,11H,10H2,1H3,(H,21,24). The van der Waals surface area contributed by atoms with Crippen LogP contribution in [-0.4, -0.2) is 21.7 Å². The molecule has 25 heavy (non-hydrogen) atoms. The molecule has 2 aromatic carbocycles. The second-order valence-electron chi connectivity index (χ2n) is 5.31. The number of rotatable bonds is 5. The molecular formula is C18H15Cl2N3OS. The van der Waals surface area contributed by atoms with E-state index >= 15 is 0 Å². The van der Waals surface area contributed by atoms with Crippen LogP contribution in [-0.2, 0) is 6.54 Å². The van der Waals surface area contributed by atoms with E-state index in [4.69, 9.17) is 23.2 Å². The Bertz CT molecular complexity index is 897.